The summed E-state index contributed by atoms with van der Waals surface area (Å²) >= 11 is 0. The lowest BCUT2D eigenvalue weighted by Gasteiger charge is -2.23. The molecule has 92 valence electrons. The normalized spacial score (nSPS) is 12.4. The van der Waals surface area contributed by atoms with Gasteiger partial charge in [0.2, 0.25) is 0 Å². The fraction of sp³-hybridized carbons (Fsp3) is 0.462. The summed E-state index contributed by atoms with van der Waals surface area (Å²) in [5.41, 5.74) is 7.17. The molecule has 0 bridgehead atoms. The van der Waals surface area contributed by atoms with E-state index in [0.29, 0.717) is 25.2 Å². The molecule has 0 aliphatic rings. The smallest absolute Gasteiger partial charge is 0.0936 e. The van der Waals surface area contributed by atoms with Gasteiger partial charge in [0.15, 0.2) is 0 Å². The summed E-state index contributed by atoms with van der Waals surface area (Å²) in [6, 6.07) is 9.43. The number of nitrogen functional groups attached to an aromatic ring is 1. The van der Waals surface area contributed by atoms with Gasteiger partial charge >= 0.3 is 0 Å². The molecule has 4 heteroatoms. The van der Waals surface area contributed by atoms with Gasteiger partial charge in [-0.05, 0) is 12.6 Å². The number of para-hydroxylation sites is 1. The molecule has 17 heavy (non-hydrogen) atoms. The van der Waals surface area contributed by atoms with Crippen LogP contribution in [0.15, 0.2) is 24.3 Å². The van der Waals surface area contributed by atoms with Crippen LogP contribution in [0.2, 0.25) is 0 Å². The molecule has 1 aromatic carbocycles. The van der Waals surface area contributed by atoms with Crippen LogP contribution in [0, 0.1) is 11.3 Å². The number of anilines is 1. The van der Waals surface area contributed by atoms with Crippen LogP contribution in [0.5, 0.6) is 0 Å². The Balaban J connectivity index is 2.61. The van der Waals surface area contributed by atoms with Crippen molar-refractivity contribution < 1.29 is 5.11 Å². The van der Waals surface area contributed by atoms with E-state index in [1.54, 1.807) is 6.07 Å². The zero-order valence-corrected chi connectivity index (χ0v) is 10.1. The minimum absolute atomic E-state index is 0.477. The molecule has 0 saturated heterocycles. The number of hydrogen-bond acceptors (Lipinski definition) is 4. The fourth-order valence-corrected chi connectivity index (χ4v) is 1.74. The molecular weight excluding hydrogens is 214 g/mol. The Morgan fingerprint density at radius 1 is 1.47 bits per heavy atom. The van der Waals surface area contributed by atoms with Gasteiger partial charge in [0.25, 0.3) is 0 Å². The number of aliphatic hydroxyl groups excluding tert-OH is 1. The highest BCUT2D eigenvalue weighted by Gasteiger charge is 2.14. The number of likely N-dealkylation sites (N-methyl/N-ethyl adjacent to an activating group) is 1. The van der Waals surface area contributed by atoms with Crippen molar-refractivity contribution >= 4 is 5.69 Å². The molecule has 0 saturated carbocycles. The van der Waals surface area contributed by atoms with E-state index in [1.807, 2.05) is 30.0 Å². The Bertz CT molecular complexity index is 386. The SMILES string of the molecule is CCN(CCC#N)CC(O)c1ccccc1N. The highest BCUT2D eigenvalue weighted by molar-refractivity contribution is 5.47. The zero-order chi connectivity index (χ0) is 12.7. The van der Waals surface area contributed by atoms with Crippen LogP contribution in [-0.2, 0) is 0 Å². The molecule has 4 nitrogen and oxygen atoms in total. The van der Waals surface area contributed by atoms with Gasteiger partial charge in [0.1, 0.15) is 0 Å². The summed E-state index contributed by atoms with van der Waals surface area (Å²) in [6.07, 6.45) is -0.125. The molecule has 1 aromatic rings. The monoisotopic (exact) mass is 233 g/mol. The van der Waals surface area contributed by atoms with Gasteiger partial charge < -0.3 is 10.8 Å². The first-order valence-corrected chi connectivity index (χ1v) is 5.80. The lowest BCUT2D eigenvalue weighted by atomic mass is 10.1. The Kier molecular flexibility index (Phi) is 5.47. The first kappa shape index (κ1) is 13.5. The quantitative estimate of drug-likeness (QED) is 0.731. The number of aliphatic hydroxyl groups is 1. The average Bonchev–Trinajstić information content (AvgIpc) is 2.34. The number of hydrogen-bond donors (Lipinski definition) is 2. The van der Waals surface area contributed by atoms with Gasteiger partial charge in [0.05, 0.1) is 12.2 Å². The Morgan fingerprint density at radius 3 is 2.76 bits per heavy atom. The molecule has 1 atom stereocenters. The van der Waals surface area contributed by atoms with Gasteiger partial charge in [-0.15, -0.1) is 0 Å². The van der Waals surface area contributed by atoms with Crippen LogP contribution < -0.4 is 5.73 Å². The van der Waals surface area contributed by atoms with Gasteiger partial charge in [-0.1, -0.05) is 25.1 Å². The standard InChI is InChI=1S/C13H19N3O/c1-2-16(9-5-8-14)10-13(17)11-6-3-4-7-12(11)15/h3-4,6-7,13,17H,2,5,9-10,15H2,1H3. The summed E-state index contributed by atoms with van der Waals surface area (Å²) in [6.45, 7) is 4.01. The van der Waals surface area contributed by atoms with E-state index in [-0.39, 0.29) is 0 Å². The molecule has 1 rings (SSSR count). The minimum atomic E-state index is -0.602. The second-order valence-corrected chi connectivity index (χ2v) is 3.95. The van der Waals surface area contributed by atoms with Crippen molar-refractivity contribution in [1.29, 1.82) is 5.26 Å². The van der Waals surface area contributed by atoms with Crippen molar-refractivity contribution in [2.24, 2.45) is 0 Å². The van der Waals surface area contributed by atoms with E-state index < -0.39 is 6.10 Å². The molecule has 0 amide bonds. The van der Waals surface area contributed by atoms with Crippen LogP contribution in [0.4, 0.5) is 5.69 Å². The first-order chi connectivity index (χ1) is 8.19. The predicted molar refractivity (Wildman–Crippen MR) is 68.2 cm³/mol. The third kappa shape index (κ3) is 4.06. The molecule has 0 spiro atoms. The number of nitrogens with zero attached hydrogens (tertiary/aromatic N) is 2. The van der Waals surface area contributed by atoms with E-state index >= 15 is 0 Å². The highest BCUT2D eigenvalue weighted by Crippen LogP contribution is 2.20. The van der Waals surface area contributed by atoms with Gasteiger partial charge in [0, 0.05) is 30.8 Å². The van der Waals surface area contributed by atoms with Crippen LogP contribution in [-0.4, -0.2) is 29.6 Å². The number of nitriles is 1. The molecule has 0 aromatic heterocycles. The van der Waals surface area contributed by atoms with Crippen LogP contribution >= 0.6 is 0 Å². The van der Waals surface area contributed by atoms with E-state index in [4.69, 9.17) is 11.0 Å². The second-order valence-electron chi connectivity index (χ2n) is 3.95. The lowest BCUT2D eigenvalue weighted by molar-refractivity contribution is 0.118. The summed E-state index contributed by atoms with van der Waals surface area (Å²) in [5.74, 6) is 0. The molecular formula is C13H19N3O. The fourth-order valence-electron chi connectivity index (χ4n) is 1.74. The van der Waals surface area contributed by atoms with Crippen molar-refractivity contribution in [3.05, 3.63) is 29.8 Å². The van der Waals surface area contributed by atoms with Crippen molar-refractivity contribution in [3.63, 3.8) is 0 Å². The maximum absolute atomic E-state index is 10.1. The third-order valence-corrected chi connectivity index (χ3v) is 2.77. The van der Waals surface area contributed by atoms with E-state index in [0.717, 1.165) is 12.1 Å². The Labute approximate surface area is 102 Å². The van der Waals surface area contributed by atoms with E-state index in [1.165, 1.54) is 0 Å². The maximum Gasteiger partial charge on any atom is 0.0936 e. The van der Waals surface area contributed by atoms with E-state index in [9.17, 15) is 5.11 Å². The van der Waals surface area contributed by atoms with Crippen molar-refractivity contribution in [1.82, 2.24) is 4.90 Å². The average molecular weight is 233 g/mol. The molecule has 0 aliphatic heterocycles. The largest absolute Gasteiger partial charge is 0.398 e. The topological polar surface area (TPSA) is 73.3 Å². The summed E-state index contributed by atoms with van der Waals surface area (Å²) < 4.78 is 0. The summed E-state index contributed by atoms with van der Waals surface area (Å²) in [4.78, 5) is 2.04. The minimum Gasteiger partial charge on any atom is -0.398 e. The van der Waals surface area contributed by atoms with Crippen LogP contribution in [0.1, 0.15) is 25.0 Å². The molecule has 0 fully saturated rings. The lowest BCUT2D eigenvalue weighted by Crippen LogP contribution is -2.29. The van der Waals surface area contributed by atoms with Crippen molar-refractivity contribution in [3.8, 4) is 6.07 Å². The molecule has 0 aliphatic carbocycles. The molecule has 1 unspecified atom stereocenters. The van der Waals surface area contributed by atoms with E-state index in [2.05, 4.69) is 6.07 Å². The maximum atomic E-state index is 10.1. The summed E-state index contributed by atoms with van der Waals surface area (Å²) in [5, 5.41) is 18.6. The van der Waals surface area contributed by atoms with Crippen LogP contribution in [0.25, 0.3) is 0 Å². The second kappa shape index (κ2) is 6.89. The zero-order valence-electron chi connectivity index (χ0n) is 10.1. The number of nitrogens with two attached hydrogens (primary N) is 1. The molecule has 3 N–H and O–H groups in total. The number of benzene rings is 1. The Hall–Kier alpha value is -1.57. The summed E-state index contributed by atoms with van der Waals surface area (Å²) in [7, 11) is 0. The third-order valence-electron chi connectivity index (χ3n) is 2.77. The van der Waals surface area contributed by atoms with Crippen LogP contribution in [0.3, 0.4) is 0 Å². The van der Waals surface area contributed by atoms with Gasteiger partial charge in [-0.25, -0.2) is 0 Å². The Morgan fingerprint density at radius 2 is 2.18 bits per heavy atom. The predicted octanol–water partition coefficient (Wildman–Crippen LogP) is 1.54. The van der Waals surface area contributed by atoms with Gasteiger partial charge in [-0.3, -0.25) is 4.90 Å². The van der Waals surface area contributed by atoms with Crippen molar-refractivity contribution in [2.75, 3.05) is 25.4 Å². The first-order valence-electron chi connectivity index (χ1n) is 5.80. The highest BCUT2D eigenvalue weighted by atomic mass is 16.3. The number of rotatable bonds is 6. The van der Waals surface area contributed by atoms with Crippen molar-refractivity contribution in [2.45, 2.75) is 19.4 Å². The molecule has 0 heterocycles. The van der Waals surface area contributed by atoms with Gasteiger partial charge in [-0.2, -0.15) is 5.26 Å². The molecule has 0 radical (unpaired) electrons.